The zero-order chi connectivity index (χ0) is 18.0. The van der Waals surface area contributed by atoms with Crippen molar-refractivity contribution in [2.24, 2.45) is 0 Å². The van der Waals surface area contributed by atoms with E-state index < -0.39 is 15.3 Å². The zero-order valence-corrected chi connectivity index (χ0v) is 15.4. The third kappa shape index (κ3) is 3.95. The molecule has 0 aliphatic carbocycles. The number of fused-ring (bicyclic) bond motifs is 2. The van der Waals surface area contributed by atoms with Crippen LogP contribution in [0.3, 0.4) is 0 Å². The first-order chi connectivity index (χ1) is 11.9. The van der Waals surface area contributed by atoms with E-state index in [1.165, 1.54) is 0 Å². The molecule has 0 saturated heterocycles. The van der Waals surface area contributed by atoms with Crippen LogP contribution in [0.5, 0.6) is 11.5 Å². The van der Waals surface area contributed by atoms with Gasteiger partial charge in [-0.2, -0.15) is 0 Å². The van der Waals surface area contributed by atoms with E-state index in [1.54, 1.807) is 19.1 Å². The molecule has 0 spiro atoms. The van der Waals surface area contributed by atoms with Crippen molar-refractivity contribution in [3.8, 4) is 11.5 Å². The minimum atomic E-state index is -3.44. The molecule has 1 atom stereocenters. The van der Waals surface area contributed by atoms with Gasteiger partial charge in [0.15, 0.2) is 11.5 Å². The molecule has 2 aromatic carbocycles. The summed E-state index contributed by atoms with van der Waals surface area (Å²) >= 11 is 0. The molecule has 25 heavy (non-hydrogen) atoms. The number of ether oxygens (including phenoxy) is 1. The lowest BCUT2D eigenvalue weighted by molar-refractivity contribution is 0.412. The monoisotopic (exact) mass is 361 g/mol. The Kier molecular flexibility index (Phi) is 4.99. The maximum atomic E-state index is 12.5. The van der Waals surface area contributed by atoms with Crippen molar-refractivity contribution in [2.75, 3.05) is 32.5 Å². The molecule has 0 aromatic heterocycles. The first-order valence-electron chi connectivity index (χ1n) is 8.18. The summed E-state index contributed by atoms with van der Waals surface area (Å²) in [6.45, 7) is 2.74. The van der Waals surface area contributed by atoms with Crippen molar-refractivity contribution in [3.63, 3.8) is 0 Å². The van der Waals surface area contributed by atoms with Crippen LogP contribution in [0.15, 0.2) is 42.5 Å². The Morgan fingerprint density at radius 1 is 1.12 bits per heavy atom. The second-order valence-electron chi connectivity index (χ2n) is 6.36. The maximum absolute atomic E-state index is 12.5. The number of benzene rings is 2. The molecule has 1 unspecified atom stereocenters. The molecular formula is C18H23N3O3S. The molecule has 7 heteroatoms. The van der Waals surface area contributed by atoms with Crippen LogP contribution in [0.4, 0.5) is 11.4 Å². The highest BCUT2D eigenvalue weighted by molar-refractivity contribution is 7.89. The van der Waals surface area contributed by atoms with Crippen molar-refractivity contribution >= 4 is 21.4 Å². The second kappa shape index (κ2) is 7.03. The molecule has 1 heterocycles. The fourth-order valence-electron chi connectivity index (χ4n) is 2.63. The lowest BCUT2D eigenvalue weighted by atomic mass is 10.1. The summed E-state index contributed by atoms with van der Waals surface area (Å²) in [5, 5.41) is 2.64. The Bertz CT molecular complexity index is 866. The minimum absolute atomic E-state index is 0.388. The van der Waals surface area contributed by atoms with Gasteiger partial charge in [-0.3, -0.25) is 0 Å². The SMILES string of the molecule is CC(c1ccc2c(c1)Nc1ccccc1O2)S(=O)(=O)NCCN(C)C. The van der Waals surface area contributed by atoms with Gasteiger partial charge in [-0.1, -0.05) is 18.2 Å². The summed E-state index contributed by atoms with van der Waals surface area (Å²) in [7, 11) is 0.374. The highest BCUT2D eigenvalue weighted by Gasteiger charge is 2.24. The van der Waals surface area contributed by atoms with Crippen molar-refractivity contribution in [3.05, 3.63) is 48.0 Å². The Hall–Kier alpha value is -2.09. The average molecular weight is 361 g/mol. The quantitative estimate of drug-likeness (QED) is 0.706. The smallest absolute Gasteiger partial charge is 0.218 e. The molecule has 1 aliphatic heterocycles. The van der Waals surface area contributed by atoms with E-state index in [0.717, 1.165) is 17.1 Å². The fraction of sp³-hybridized carbons (Fsp3) is 0.333. The third-order valence-corrected chi connectivity index (χ3v) is 5.99. The number of hydrogen-bond acceptors (Lipinski definition) is 5. The Morgan fingerprint density at radius 3 is 2.60 bits per heavy atom. The lowest BCUT2D eigenvalue weighted by Crippen LogP contribution is -2.33. The molecule has 2 aromatic rings. The van der Waals surface area contributed by atoms with Crippen LogP contribution in [-0.2, 0) is 10.0 Å². The fourth-order valence-corrected chi connectivity index (χ4v) is 3.76. The molecule has 0 saturated carbocycles. The van der Waals surface area contributed by atoms with E-state index in [1.807, 2.05) is 49.3 Å². The number of rotatable bonds is 6. The number of nitrogens with one attached hydrogen (secondary N) is 2. The van der Waals surface area contributed by atoms with Gasteiger partial charge in [0, 0.05) is 13.1 Å². The standard InChI is InChI=1S/C18H23N3O3S/c1-13(25(22,23)19-10-11-21(2)3)14-8-9-18-16(12-14)20-15-6-4-5-7-17(15)24-18/h4-9,12-13,19-20H,10-11H2,1-3H3. The highest BCUT2D eigenvalue weighted by atomic mass is 32.2. The summed E-state index contributed by atoms with van der Waals surface area (Å²) in [5.74, 6) is 1.45. The van der Waals surface area contributed by atoms with Crippen LogP contribution in [0.1, 0.15) is 17.7 Å². The van der Waals surface area contributed by atoms with E-state index in [4.69, 9.17) is 4.74 Å². The van der Waals surface area contributed by atoms with Crippen molar-refractivity contribution in [1.29, 1.82) is 0 Å². The van der Waals surface area contributed by atoms with Crippen LogP contribution in [0.25, 0.3) is 0 Å². The van der Waals surface area contributed by atoms with Crippen LogP contribution < -0.4 is 14.8 Å². The van der Waals surface area contributed by atoms with Crippen molar-refractivity contribution in [1.82, 2.24) is 9.62 Å². The number of sulfonamides is 1. The second-order valence-corrected chi connectivity index (χ2v) is 8.45. The normalized spacial score (nSPS) is 14.2. The van der Waals surface area contributed by atoms with Crippen LogP contribution in [0.2, 0.25) is 0 Å². The van der Waals surface area contributed by atoms with Gasteiger partial charge in [0.1, 0.15) is 0 Å². The predicted molar refractivity (Wildman–Crippen MR) is 100 cm³/mol. The number of likely N-dealkylation sites (N-methyl/N-ethyl adjacent to an activating group) is 1. The van der Waals surface area contributed by atoms with E-state index in [2.05, 4.69) is 10.0 Å². The molecule has 0 fully saturated rings. The van der Waals surface area contributed by atoms with Crippen molar-refractivity contribution < 1.29 is 13.2 Å². The van der Waals surface area contributed by atoms with E-state index >= 15 is 0 Å². The predicted octanol–water partition coefficient (Wildman–Crippen LogP) is 3.08. The van der Waals surface area contributed by atoms with Crippen LogP contribution in [0, 0.1) is 0 Å². The van der Waals surface area contributed by atoms with Gasteiger partial charge >= 0.3 is 0 Å². The Labute approximate surface area is 148 Å². The molecule has 0 bridgehead atoms. The number of nitrogens with zero attached hydrogens (tertiary/aromatic N) is 1. The third-order valence-electron chi connectivity index (χ3n) is 4.18. The number of hydrogen-bond donors (Lipinski definition) is 2. The first-order valence-corrected chi connectivity index (χ1v) is 9.72. The van der Waals surface area contributed by atoms with Gasteiger partial charge in [0.2, 0.25) is 10.0 Å². The molecule has 6 nitrogen and oxygen atoms in total. The molecule has 0 amide bonds. The van der Waals surface area contributed by atoms with Crippen LogP contribution in [-0.4, -0.2) is 40.5 Å². The zero-order valence-electron chi connectivity index (χ0n) is 14.6. The Morgan fingerprint density at radius 2 is 1.84 bits per heavy atom. The molecule has 2 N–H and O–H groups in total. The average Bonchev–Trinajstić information content (AvgIpc) is 2.58. The summed E-state index contributed by atoms with van der Waals surface area (Å²) in [6.07, 6.45) is 0. The number of anilines is 2. The van der Waals surface area contributed by atoms with Gasteiger partial charge in [0.05, 0.1) is 16.6 Å². The van der Waals surface area contributed by atoms with Gasteiger partial charge in [-0.15, -0.1) is 0 Å². The minimum Gasteiger partial charge on any atom is -0.453 e. The van der Waals surface area contributed by atoms with E-state index in [9.17, 15) is 8.42 Å². The molecule has 3 rings (SSSR count). The topological polar surface area (TPSA) is 70.7 Å². The Balaban J connectivity index is 1.78. The summed E-state index contributed by atoms with van der Waals surface area (Å²) in [4.78, 5) is 1.94. The van der Waals surface area contributed by atoms with Gasteiger partial charge in [-0.25, -0.2) is 13.1 Å². The molecule has 134 valence electrons. The van der Waals surface area contributed by atoms with E-state index in [-0.39, 0.29) is 0 Å². The molecular weight excluding hydrogens is 338 g/mol. The van der Waals surface area contributed by atoms with Gasteiger partial charge in [-0.05, 0) is 50.8 Å². The lowest BCUT2D eigenvalue weighted by Gasteiger charge is -2.23. The summed E-state index contributed by atoms with van der Waals surface area (Å²) < 4.78 is 33.5. The van der Waals surface area contributed by atoms with Crippen LogP contribution >= 0.6 is 0 Å². The summed E-state index contributed by atoms with van der Waals surface area (Å²) in [5.41, 5.74) is 2.35. The van der Waals surface area contributed by atoms with Crippen molar-refractivity contribution in [2.45, 2.75) is 12.2 Å². The van der Waals surface area contributed by atoms with Gasteiger partial charge in [0.25, 0.3) is 0 Å². The number of para-hydroxylation sites is 2. The summed E-state index contributed by atoms with van der Waals surface area (Å²) in [6, 6.07) is 13.1. The van der Waals surface area contributed by atoms with Gasteiger partial charge < -0.3 is 15.0 Å². The maximum Gasteiger partial charge on any atom is 0.218 e. The molecule has 0 radical (unpaired) electrons. The molecule has 1 aliphatic rings. The van der Waals surface area contributed by atoms with E-state index in [0.29, 0.717) is 24.4 Å². The first kappa shape index (κ1) is 17.7. The highest BCUT2D eigenvalue weighted by Crippen LogP contribution is 2.42. The largest absolute Gasteiger partial charge is 0.453 e.